The molecule has 3 heteroatoms. The lowest BCUT2D eigenvalue weighted by molar-refractivity contribution is -0.130. The highest BCUT2D eigenvalue weighted by atomic mass is 16.2. The number of unbranched alkanes of at least 4 members (excludes halogenated alkanes) is 1. The zero-order chi connectivity index (χ0) is 14.0. The zero-order valence-electron chi connectivity index (χ0n) is 13.0. The molecule has 0 aromatic rings. The van der Waals surface area contributed by atoms with Gasteiger partial charge < -0.3 is 4.90 Å². The molecule has 3 atom stereocenters. The lowest BCUT2D eigenvalue weighted by Crippen LogP contribution is -2.39. The van der Waals surface area contributed by atoms with Gasteiger partial charge >= 0.3 is 0 Å². The summed E-state index contributed by atoms with van der Waals surface area (Å²) >= 11 is 0. The molecule has 1 saturated carbocycles. The van der Waals surface area contributed by atoms with E-state index in [0.717, 1.165) is 32.2 Å². The van der Waals surface area contributed by atoms with Crippen molar-refractivity contribution in [1.82, 2.24) is 10.2 Å². The van der Waals surface area contributed by atoms with E-state index in [1.165, 1.54) is 12.8 Å². The van der Waals surface area contributed by atoms with Crippen LogP contribution in [0.2, 0.25) is 0 Å². The fourth-order valence-electron chi connectivity index (χ4n) is 3.22. The van der Waals surface area contributed by atoms with Crippen molar-refractivity contribution in [3.8, 4) is 0 Å². The van der Waals surface area contributed by atoms with E-state index in [1.54, 1.807) is 0 Å². The topological polar surface area (TPSA) is 32.3 Å². The molecule has 0 bridgehead atoms. The van der Waals surface area contributed by atoms with Crippen molar-refractivity contribution < 1.29 is 4.79 Å². The molecule has 2 rings (SSSR count). The summed E-state index contributed by atoms with van der Waals surface area (Å²) in [5.74, 6) is 1.07. The molecular weight excluding hydrogens is 236 g/mol. The van der Waals surface area contributed by atoms with Crippen LogP contribution < -0.4 is 5.32 Å². The molecular formula is C16H30N2O. The van der Waals surface area contributed by atoms with Gasteiger partial charge in [-0.25, -0.2) is 0 Å². The van der Waals surface area contributed by atoms with E-state index in [1.807, 2.05) is 0 Å². The van der Waals surface area contributed by atoms with Crippen molar-refractivity contribution in [3.05, 3.63) is 0 Å². The molecule has 0 aromatic heterocycles. The van der Waals surface area contributed by atoms with Crippen molar-refractivity contribution in [2.24, 2.45) is 11.3 Å². The Morgan fingerprint density at radius 1 is 1.26 bits per heavy atom. The monoisotopic (exact) mass is 266 g/mol. The second-order valence-corrected chi connectivity index (χ2v) is 7.05. The molecule has 2 fully saturated rings. The average molecular weight is 266 g/mol. The Hall–Kier alpha value is -0.570. The summed E-state index contributed by atoms with van der Waals surface area (Å²) in [7, 11) is 0. The van der Waals surface area contributed by atoms with Gasteiger partial charge in [0.15, 0.2) is 0 Å². The predicted molar refractivity (Wildman–Crippen MR) is 78.7 cm³/mol. The number of nitrogens with one attached hydrogen (secondary N) is 1. The fourth-order valence-corrected chi connectivity index (χ4v) is 3.22. The first-order valence-electron chi connectivity index (χ1n) is 8.06. The third kappa shape index (κ3) is 3.31. The second-order valence-electron chi connectivity index (χ2n) is 7.05. The summed E-state index contributed by atoms with van der Waals surface area (Å²) in [4.78, 5) is 14.7. The number of hydrogen-bond acceptors (Lipinski definition) is 2. The first-order valence-corrected chi connectivity index (χ1v) is 8.06. The average Bonchev–Trinajstić information content (AvgIpc) is 2.86. The number of amides is 1. The van der Waals surface area contributed by atoms with Crippen LogP contribution in [0.25, 0.3) is 0 Å². The molecule has 110 valence electrons. The Morgan fingerprint density at radius 3 is 2.47 bits per heavy atom. The highest BCUT2D eigenvalue weighted by Crippen LogP contribution is 2.52. The van der Waals surface area contributed by atoms with Crippen LogP contribution in [0.15, 0.2) is 0 Å². The van der Waals surface area contributed by atoms with Gasteiger partial charge in [0, 0.05) is 6.54 Å². The van der Waals surface area contributed by atoms with Crippen LogP contribution in [-0.4, -0.2) is 29.6 Å². The molecule has 3 nitrogen and oxygen atoms in total. The Bertz CT molecular complexity index is 327. The molecule has 0 spiro atoms. The van der Waals surface area contributed by atoms with Crippen LogP contribution in [0.5, 0.6) is 0 Å². The summed E-state index contributed by atoms with van der Waals surface area (Å²) < 4.78 is 0. The maximum absolute atomic E-state index is 12.5. The predicted octanol–water partition coefficient (Wildman–Crippen LogP) is 3.15. The van der Waals surface area contributed by atoms with Gasteiger partial charge in [-0.2, -0.15) is 0 Å². The van der Waals surface area contributed by atoms with Gasteiger partial charge in [0.1, 0.15) is 0 Å². The van der Waals surface area contributed by atoms with Crippen molar-refractivity contribution >= 4 is 5.91 Å². The minimum atomic E-state index is 0.0818. The van der Waals surface area contributed by atoms with E-state index < -0.39 is 0 Å². The van der Waals surface area contributed by atoms with Crippen molar-refractivity contribution in [3.63, 3.8) is 0 Å². The molecule has 1 saturated heterocycles. The number of carbonyl (C=O) groups excluding carboxylic acids is 1. The Balaban J connectivity index is 1.95. The van der Waals surface area contributed by atoms with E-state index in [2.05, 4.69) is 37.9 Å². The van der Waals surface area contributed by atoms with Crippen LogP contribution in [0.3, 0.4) is 0 Å². The molecule has 1 heterocycles. The smallest absolute Gasteiger partial charge is 0.241 e. The largest absolute Gasteiger partial charge is 0.325 e. The molecule has 0 aromatic carbocycles. The van der Waals surface area contributed by atoms with Crippen LogP contribution in [-0.2, 0) is 4.79 Å². The van der Waals surface area contributed by atoms with Gasteiger partial charge in [-0.3, -0.25) is 10.1 Å². The molecule has 1 N–H and O–H groups in total. The van der Waals surface area contributed by atoms with Crippen molar-refractivity contribution in [2.75, 3.05) is 6.54 Å². The first kappa shape index (κ1) is 14.8. The molecule has 1 aliphatic heterocycles. The van der Waals surface area contributed by atoms with E-state index in [-0.39, 0.29) is 12.2 Å². The summed E-state index contributed by atoms with van der Waals surface area (Å²) in [6, 6.07) is 0.0818. The lowest BCUT2D eigenvalue weighted by atomic mass is 10.1. The number of nitrogens with zero attached hydrogens (tertiary/aromatic N) is 1. The van der Waals surface area contributed by atoms with Gasteiger partial charge in [-0.05, 0) is 30.6 Å². The van der Waals surface area contributed by atoms with Gasteiger partial charge in [0.25, 0.3) is 0 Å². The Labute approximate surface area is 118 Å². The summed E-state index contributed by atoms with van der Waals surface area (Å²) in [5.41, 5.74) is 0.457. The molecule has 0 radical (unpaired) electrons. The highest BCUT2D eigenvalue weighted by Gasteiger charge is 2.49. The molecule has 1 amide bonds. The SMILES string of the molecule is CCCCC1NC(CCC)N(CC2CC2(C)C)C1=O. The number of rotatable bonds is 7. The normalized spacial score (nSPS) is 32.9. The van der Waals surface area contributed by atoms with Crippen LogP contribution in [0.1, 0.15) is 66.2 Å². The van der Waals surface area contributed by atoms with Gasteiger partial charge in [0.2, 0.25) is 5.91 Å². The first-order chi connectivity index (χ1) is 8.99. The molecule has 3 unspecified atom stereocenters. The fraction of sp³-hybridized carbons (Fsp3) is 0.938. The minimum Gasteiger partial charge on any atom is -0.325 e. The third-order valence-corrected chi connectivity index (χ3v) is 4.89. The van der Waals surface area contributed by atoms with Gasteiger partial charge in [-0.15, -0.1) is 0 Å². The van der Waals surface area contributed by atoms with Crippen molar-refractivity contribution in [2.45, 2.75) is 78.4 Å². The molecule has 1 aliphatic carbocycles. The molecule has 19 heavy (non-hydrogen) atoms. The van der Waals surface area contributed by atoms with Crippen LogP contribution >= 0.6 is 0 Å². The Morgan fingerprint density at radius 2 is 1.95 bits per heavy atom. The van der Waals surface area contributed by atoms with E-state index in [0.29, 0.717) is 17.2 Å². The standard InChI is InChI=1S/C16H30N2O/c1-5-7-9-13-15(19)18(14(17-13)8-6-2)11-12-10-16(12,3)4/h12-14,17H,5-11H2,1-4H3. The van der Waals surface area contributed by atoms with E-state index in [4.69, 9.17) is 0 Å². The van der Waals surface area contributed by atoms with Gasteiger partial charge in [-0.1, -0.05) is 47.0 Å². The highest BCUT2D eigenvalue weighted by molar-refractivity contribution is 5.84. The lowest BCUT2D eigenvalue weighted by Gasteiger charge is -2.24. The number of hydrogen-bond donors (Lipinski definition) is 1. The summed E-state index contributed by atoms with van der Waals surface area (Å²) in [5, 5.41) is 3.56. The maximum Gasteiger partial charge on any atom is 0.241 e. The summed E-state index contributed by atoms with van der Waals surface area (Å²) in [6.07, 6.45) is 7.09. The molecule has 2 aliphatic rings. The van der Waals surface area contributed by atoms with Crippen LogP contribution in [0, 0.1) is 11.3 Å². The maximum atomic E-state index is 12.5. The second kappa shape index (κ2) is 5.82. The summed E-state index contributed by atoms with van der Waals surface area (Å²) in [6.45, 7) is 9.98. The van der Waals surface area contributed by atoms with E-state index >= 15 is 0 Å². The van der Waals surface area contributed by atoms with E-state index in [9.17, 15) is 4.79 Å². The third-order valence-electron chi connectivity index (χ3n) is 4.89. The van der Waals surface area contributed by atoms with Crippen LogP contribution in [0.4, 0.5) is 0 Å². The number of carbonyl (C=O) groups is 1. The minimum absolute atomic E-state index is 0.0818. The van der Waals surface area contributed by atoms with Gasteiger partial charge in [0.05, 0.1) is 12.2 Å². The Kier molecular flexibility index (Phi) is 4.54. The quantitative estimate of drug-likeness (QED) is 0.767. The zero-order valence-corrected chi connectivity index (χ0v) is 13.0. The van der Waals surface area contributed by atoms with Crippen molar-refractivity contribution in [1.29, 1.82) is 0 Å².